The van der Waals surface area contributed by atoms with Crippen molar-refractivity contribution in [3.63, 3.8) is 0 Å². The Morgan fingerprint density at radius 3 is 2.26 bits per heavy atom. The average molecular weight is 435 g/mol. The maximum Gasteiger partial charge on any atom is 0.142 e. The molecule has 0 saturated heterocycles. The molecule has 0 radical (unpaired) electrons. The van der Waals surface area contributed by atoms with Gasteiger partial charge in [0.1, 0.15) is 12.0 Å². The van der Waals surface area contributed by atoms with Crippen molar-refractivity contribution < 1.29 is 24.5 Å². The Hall–Kier alpha value is -1.95. The lowest BCUT2D eigenvalue weighted by Gasteiger charge is -2.41. The second kappa shape index (κ2) is 16.7. The number of aliphatic hydroxyl groups excluding tert-OH is 2. The standard InChI is InChI=1S/C15H28O2.C10H10O2.CH4O/c1-12(2)9-10-17-15(3,4)14-8-6-5-7-13(14)11-16;1-12-10-6-4-9(5-7-10)3-2-8-11;1-2/h9,13-14,16H,5-8,10-11H2,1-4H3;2-8H,1H3;2H,1H3/b;3-2+;/t13-,14?;;/m1../s1. The summed E-state index contributed by atoms with van der Waals surface area (Å²) in [6.45, 7) is 9.51. The third kappa shape index (κ3) is 11.9. The van der Waals surface area contributed by atoms with Gasteiger partial charge in [0.15, 0.2) is 0 Å². The minimum Gasteiger partial charge on any atom is -0.497 e. The third-order valence-electron chi connectivity index (χ3n) is 5.47. The van der Waals surface area contributed by atoms with Gasteiger partial charge in [-0.25, -0.2) is 0 Å². The largest absolute Gasteiger partial charge is 0.497 e. The van der Waals surface area contributed by atoms with Gasteiger partial charge in [0.25, 0.3) is 0 Å². The van der Waals surface area contributed by atoms with Crippen LogP contribution in [0.4, 0.5) is 0 Å². The van der Waals surface area contributed by atoms with Crippen LogP contribution in [-0.2, 0) is 9.53 Å². The number of carbonyl (C=O) groups is 1. The van der Waals surface area contributed by atoms with Crippen LogP contribution in [0, 0.1) is 11.8 Å². The molecule has 0 aromatic heterocycles. The zero-order chi connectivity index (χ0) is 23.7. The fourth-order valence-electron chi connectivity index (χ4n) is 3.74. The van der Waals surface area contributed by atoms with Crippen molar-refractivity contribution in [3.05, 3.63) is 47.6 Å². The summed E-state index contributed by atoms with van der Waals surface area (Å²) in [5, 5.41) is 16.5. The minimum absolute atomic E-state index is 0.125. The number of benzene rings is 1. The predicted molar refractivity (Wildman–Crippen MR) is 128 cm³/mol. The van der Waals surface area contributed by atoms with Gasteiger partial charge in [-0.1, -0.05) is 42.7 Å². The van der Waals surface area contributed by atoms with E-state index in [1.54, 1.807) is 13.2 Å². The first-order valence-corrected chi connectivity index (χ1v) is 10.9. The molecule has 0 spiro atoms. The average Bonchev–Trinajstić information content (AvgIpc) is 2.79. The molecule has 0 heterocycles. The van der Waals surface area contributed by atoms with Crippen LogP contribution >= 0.6 is 0 Å². The van der Waals surface area contributed by atoms with Crippen molar-refractivity contribution in [1.29, 1.82) is 0 Å². The Bertz CT molecular complexity index is 642. The first-order chi connectivity index (χ1) is 14.8. The van der Waals surface area contributed by atoms with Crippen molar-refractivity contribution in [3.8, 4) is 5.75 Å². The number of methoxy groups -OCH3 is 1. The molecule has 1 saturated carbocycles. The van der Waals surface area contributed by atoms with Crippen LogP contribution in [0.25, 0.3) is 6.08 Å². The molecule has 1 fully saturated rings. The fourth-order valence-corrected chi connectivity index (χ4v) is 3.74. The predicted octanol–water partition coefficient (Wildman–Crippen LogP) is 5.06. The van der Waals surface area contributed by atoms with Crippen LogP contribution in [0.2, 0.25) is 0 Å². The number of carbonyl (C=O) groups excluding carboxylic acids is 1. The maximum atomic E-state index is 9.99. The van der Waals surface area contributed by atoms with Gasteiger partial charge in [-0.3, -0.25) is 4.79 Å². The molecule has 5 heteroatoms. The van der Waals surface area contributed by atoms with Gasteiger partial charge < -0.3 is 19.7 Å². The van der Waals surface area contributed by atoms with Crippen LogP contribution in [0.1, 0.15) is 58.9 Å². The summed E-state index contributed by atoms with van der Waals surface area (Å²) >= 11 is 0. The Balaban J connectivity index is 0.000000564. The third-order valence-corrected chi connectivity index (χ3v) is 5.47. The molecule has 0 bridgehead atoms. The van der Waals surface area contributed by atoms with Gasteiger partial charge in [-0.15, -0.1) is 0 Å². The highest BCUT2D eigenvalue weighted by atomic mass is 16.5. The SMILES string of the molecule is CC(C)=CCOC(C)(C)C1CCCC[C@@H]1CO.CO.COc1ccc(/C=C/C=O)cc1. The highest BCUT2D eigenvalue weighted by Crippen LogP contribution is 2.38. The number of hydrogen-bond donors (Lipinski definition) is 2. The fraction of sp³-hybridized carbons (Fsp3) is 0.577. The number of aldehydes is 1. The molecule has 2 N–H and O–H groups in total. The smallest absolute Gasteiger partial charge is 0.142 e. The van der Waals surface area contributed by atoms with Gasteiger partial charge in [-0.2, -0.15) is 0 Å². The summed E-state index contributed by atoms with van der Waals surface area (Å²) < 4.78 is 11.0. The Labute approximate surface area is 188 Å². The number of ether oxygens (including phenoxy) is 2. The summed E-state index contributed by atoms with van der Waals surface area (Å²) in [6, 6.07) is 7.48. The molecule has 1 aliphatic rings. The molecule has 1 unspecified atom stereocenters. The van der Waals surface area contributed by atoms with E-state index in [9.17, 15) is 9.90 Å². The van der Waals surface area contributed by atoms with E-state index in [0.29, 0.717) is 25.0 Å². The van der Waals surface area contributed by atoms with E-state index >= 15 is 0 Å². The van der Waals surface area contributed by atoms with E-state index < -0.39 is 0 Å². The summed E-state index contributed by atoms with van der Waals surface area (Å²) in [4.78, 5) is 9.99. The molecular weight excluding hydrogens is 392 g/mol. The molecule has 2 rings (SSSR count). The van der Waals surface area contributed by atoms with E-state index in [2.05, 4.69) is 33.8 Å². The number of hydrogen-bond acceptors (Lipinski definition) is 5. The molecule has 1 aromatic carbocycles. The first kappa shape index (κ1) is 29.1. The molecular formula is C26H42O5. The Morgan fingerprint density at radius 1 is 1.13 bits per heavy atom. The van der Waals surface area contributed by atoms with E-state index in [0.717, 1.165) is 31.1 Å². The summed E-state index contributed by atoms with van der Waals surface area (Å²) in [7, 11) is 2.62. The van der Waals surface area contributed by atoms with Crippen molar-refractivity contribution in [2.24, 2.45) is 11.8 Å². The van der Waals surface area contributed by atoms with Crippen LogP contribution in [0.5, 0.6) is 5.75 Å². The molecule has 0 aliphatic heterocycles. The zero-order valence-corrected chi connectivity index (χ0v) is 20.1. The molecule has 5 nitrogen and oxygen atoms in total. The first-order valence-electron chi connectivity index (χ1n) is 10.9. The number of aliphatic hydroxyl groups is 2. The molecule has 31 heavy (non-hydrogen) atoms. The Kier molecular flexibility index (Phi) is 15.7. The van der Waals surface area contributed by atoms with Gasteiger partial charge in [0.05, 0.1) is 19.3 Å². The van der Waals surface area contributed by atoms with E-state index in [1.165, 1.54) is 30.9 Å². The van der Waals surface area contributed by atoms with Gasteiger partial charge in [0.2, 0.25) is 0 Å². The molecule has 2 atom stereocenters. The normalized spacial score (nSPS) is 18.2. The highest BCUT2D eigenvalue weighted by molar-refractivity contribution is 5.73. The van der Waals surface area contributed by atoms with E-state index in [1.807, 2.05) is 24.3 Å². The van der Waals surface area contributed by atoms with E-state index in [4.69, 9.17) is 14.6 Å². The van der Waals surface area contributed by atoms with E-state index in [-0.39, 0.29) is 5.60 Å². The van der Waals surface area contributed by atoms with Gasteiger partial charge in [0, 0.05) is 13.7 Å². The monoisotopic (exact) mass is 434 g/mol. The molecule has 176 valence electrons. The lowest BCUT2D eigenvalue weighted by molar-refractivity contribution is -0.104. The van der Waals surface area contributed by atoms with Crippen molar-refractivity contribution in [2.45, 2.75) is 59.0 Å². The van der Waals surface area contributed by atoms with Crippen LogP contribution in [0.3, 0.4) is 0 Å². The van der Waals surface area contributed by atoms with Crippen LogP contribution in [0.15, 0.2) is 42.0 Å². The highest BCUT2D eigenvalue weighted by Gasteiger charge is 2.37. The molecule has 1 aromatic rings. The van der Waals surface area contributed by atoms with Crippen molar-refractivity contribution in [1.82, 2.24) is 0 Å². The lowest BCUT2D eigenvalue weighted by atomic mass is 9.71. The topological polar surface area (TPSA) is 76.0 Å². The van der Waals surface area contributed by atoms with Crippen LogP contribution in [-0.4, -0.2) is 49.5 Å². The summed E-state index contributed by atoms with van der Waals surface area (Å²) in [5.41, 5.74) is 2.16. The van der Waals surface area contributed by atoms with Gasteiger partial charge in [-0.05, 0) is 76.1 Å². The number of allylic oxidation sites excluding steroid dienone is 2. The Morgan fingerprint density at radius 2 is 1.74 bits per heavy atom. The van der Waals surface area contributed by atoms with Gasteiger partial charge >= 0.3 is 0 Å². The molecule has 1 aliphatic carbocycles. The summed E-state index contributed by atoms with van der Waals surface area (Å²) in [6.07, 6.45) is 10.9. The zero-order valence-electron chi connectivity index (χ0n) is 20.1. The quantitative estimate of drug-likeness (QED) is 0.340. The lowest BCUT2D eigenvalue weighted by Crippen LogP contribution is -2.42. The van der Waals surface area contributed by atoms with Crippen molar-refractivity contribution in [2.75, 3.05) is 27.4 Å². The summed E-state index contributed by atoms with van der Waals surface area (Å²) in [5.74, 6) is 1.73. The molecule has 0 amide bonds. The second-order valence-electron chi connectivity index (χ2n) is 8.30. The minimum atomic E-state index is -0.125. The maximum absolute atomic E-state index is 9.99. The van der Waals surface area contributed by atoms with Crippen LogP contribution < -0.4 is 4.74 Å². The van der Waals surface area contributed by atoms with Crippen molar-refractivity contribution >= 4 is 12.4 Å². The second-order valence-corrected chi connectivity index (χ2v) is 8.30. The number of rotatable bonds is 8.